The van der Waals surface area contributed by atoms with Crippen molar-refractivity contribution < 1.29 is 9.59 Å². The van der Waals surface area contributed by atoms with Gasteiger partial charge in [0.15, 0.2) is 5.16 Å². The number of hydrogen-bond acceptors (Lipinski definition) is 5. The third-order valence-electron chi connectivity index (χ3n) is 5.99. The van der Waals surface area contributed by atoms with Crippen LogP contribution in [0.5, 0.6) is 0 Å². The smallest absolute Gasteiger partial charge is 0.232 e. The third-order valence-corrected chi connectivity index (χ3v) is 6.92. The van der Waals surface area contributed by atoms with E-state index in [-0.39, 0.29) is 30.0 Å². The molecule has 1 aromatic heterocycles. The van der Waals surface area contributed by atoms with Crippen LogP contribution in [0.15, 0.2) is 53.7 Å². The van der Waals surface area contributed by atoms with Gasteiger partial charge < -0.3 is 10.6 Å². The van der Waals surface area contributed by atoms with Gasteiger partial charge >= 0.3 is 0 Å². The Hall–Kier alpha value is -3.13. The number of nitrogens with zero attached hydrogens (tertiary/aromatic N) is 3. The molecule has 2 N–H and O–H groups in total. The van der Waals surface area contributed by atoms with Crippen molar-refractivity contribution in [3.05, 3.63) is 65.5 Å². The number of rotatable bonds is 8. The minimum atomic E-state index is -0.164. The van der Waals surface area contributed by atoms with Crippen molar-refractivity contribution in [1.82, 2.24) is 20.1 Å². The number of para-hydroxylation sites is 1. The summed E-state index contributed by atoms with van der Waals surface area (Å²) in [5.74, 6) is 0.636. The lowest BCUT2D eigenvalue weighted by Crippen LogP contribution is -2.37. The van der Waals surface area contributed by atoms with Crippen LogP contribution in [-0.2, 0) is 16.0 Å². The van der Waals surface area contributed by atoms with E-state index in [1.165, 1.54) is 31.0 Å². The van der Waals surface area contributed by atoms with Gasteiger partial charge in [0.2, 0.25) is 11.8 Å². The van der Waals surface area contributed by atoms with Crippen LogP contribution in [0.25, 0.3) is 5.69 Å². The van der Waals surface area contributed by atoms with E-state index in [2.05, 4.69) is 20.8 Å². The number of aryl methyl sites for hydroxylation is 2. The summed E-state index contributed by atoms with van der Waals surface area (Å²) >= 11 is 1.34. The van der Waals surface area contributed by atoms with E-state index in [9.17, 15) is 9.59 Å². The molecule has 0 spiro atoms. The summed E-state index contributed by atoms with van der Waals surface area (Å²) in [7, 11) is 0. The van der Waals surface area contributed by atoms with Gasteiger partial charge in [0.05, 0.1) is 12.2 Å². The van der Waals surface area contributed by atoms with Gasteiger partial charge in [0, 0.05) is 17.4 Å². The Morgan fingerprint density at radius 3 is 2.50 bits per heavy atom. The first kappa shape index (κ1) is 24.0. The molecule has 2 aromatic carbocycles. The Morgan fingerprint density at radius 1 is 1.00 bits per heavy atom. The maximum atomic E-state index is 12.8. The minimum absolute atomic E-state index is 0.00801. The maximum absolute atomic E-state index is 12.8. The predicted octanol–water partition coefficient (Wildman–Crippen LogP) is 4.61. The van der Waals surface area contributed by atoms with E-state index < -0.39 is 0 Å². The molecule has 4 rings (SSSR count). The molecule has 1 aliphatic rings. The lowest BCUT2D eigenvalue weighted by atomic mass is 9.95. The molecule has 1 fully saturated rings. The summed E-state index contributed by atoms with van der Waals surface area (Å²) in [6.45, 7) is 4.00. The highest BCUT2D eigenvalue weighted by molar-refractivity contribution is 7.99. The highest BCUT2D eigenvalue weighted by Gasteiger charge is 2.20. The second-order valence-corrected chi connectivity index (χ2v) is 9.75. The minimum Gasteiger partial charge on any atom is -0.353 e. The van der Waals surface area contributed by atoms with Crippen molar-refractivity contribution in [3.63, 3.8) is 0 Å². The average molecular weight is 478 g/mol. The van der Waals surface area contributed by atoms with Crippen molar-refractivity contribution in [3.8, 4) is 5.69 Å². The molecule has 0 bridgehead atoms. The summed E-state index contributed by atoms with van der Waals surface area (Å²) in [5, 5.41) is 15.3. The van der Waals surface area contributed by atoms with Crippen LogP contribution < -0.4 is 10.6 Å². The maximum Gasteiger partial charge on any atom is 0.232 e. The van der Waals surface area contributed by atoms with Crippen molar-refractivity contribution in [2.45, 2.75) is 63.6 Å². The Kier molecular flexibility index (Phi) is 8.00. The van der Waals surface area contributed by atoms with Gasteiger partial charge in [-0.25, -0.2) is 0 Å². The first-order valence-electron chi connectivity index (χ1n) is 11.8. The Bertz CT molecular complexity index is 1140. The molecule has 34 heavy (non-hydrogen) atoms. The van der Waals surface area contributed by atoms with Crippen LogP contribution in [0.4, 0.5) is 5.69 Å². The van der Waals surface area contributed by atoms with Crippen molar-refractivity contribution >= 4 is 29.3 Å². The number of benzene rings is 2. The lowest BCUT2D eigenvalue weighted by molar-refractivity contribution is -0.119. The van der Waals surface area contributed by atoms with Crippen LogP contribution >= 0.6 is 11.8 Å². The molecule has 7 nitrogen and oxygen atoms in total. The first-order valence-corrected chi connectivity index (χ1v) is 12.8. The van der Waals surface area contributed by atoms with Crippen molar-refractivity contribution in [1.29, 1.82) is 0 Å². The average Bonchev–Trinajstić information content (AvgIpc) is 3.23. The number of nitrogens with one attached hydrogen (secondary N) is 2. The van der Waals surface area contributed by atoms with Crippen molar-refractivity contribution in [2.24, 2.45) is 0 Å². The predicted molar refractivity (Wildman–Crippen MR) is 135 cm³/mol. The molecule has 2 amide bonds. The molecule has 1 saturated carbocycles. The molecule has 0 atom stereocenters. The van der Waals surface area contributed by atoms with E-state index in [1.807, 2.05) is 66.9 Å². The van der Waals surface area contributed by atoms with Crippen LogP contribution in [0.1, 0.15) is 49.1 Å². The fourth-order valence-electron chi connectivity index (χ4n) is 4.28. The summed E-state index contributed by atoms with van der Waals surface area (Å²) in [6, 6.07) is 15.9. The number of amides is 2. The van der Waals surface area contributed by atoms with Crippen LogP contribution in [0, 0.1) is 13.8 Å². The number of carbonyl (C=O) groups is 2. The fraction of sp³-hybridized carbons (Fsp3) is 0.385. The Labute approximate surface area is 204 Å². The van der Waals surface area contributed by atoms with E-state index in [0.29, 0.717) is 11.0 Å². The first-order chi connectivity index (χ1) is 16.5. The largest absolute Gasteiger partial charge is 0.353 e. The summed E-state index contributed by atoms with van der Waals surface area (Å²) in [6.07, 6.45) is 5.78. The van der Waals surface area contributed by atoms with Gasteiger partial charge in [-0.2, -0.15) is 0 Å². The van der Waals surface area contributed by atoms with E-state index in [4.69, 9.17) is 0 Å². The van der Waals surface area contributed by atoms with Gasteiger partial charge in [-0.15, -0.1) is 10.2 Å². The van der Waals surface area contributed by atoms with Gasteiger partial charge in [0.25, 0.3) is 0 Å². The number of thioether (sulfide) groups is 1. The fourth-order valence-corrected chi connectivity index (χ4v) is 5.06. The van der Waals surface area contributed by atoms with Crippen LogP contribution in [0.2, 0.25) is 0 Å². The van der Waals surface area contributed by atoms with Gasteiger partial charge in [-0.1, -0.05) is 66.9 Å². The molecule has 1 heterocycles. The molecular formula is C26H31N5O2S. The monoisotopic (exact) mass is 477 g/mol. The standard InChI is InChI=1S/C26H31N5O2S/c1-18-13-14-22(19(2)15-18)28-24(32)16-23-29-30-26(31(23)21-11-7-4-8-12-21)34-17-25(33)27-20-9-5-3-6-10-20/h4,7-8,11-15,20H,3,5-6,9-10,16-17H2,1-2H3,(H,27,33)(H,28,32). The zero-order chi connectivity index (χ0) is 23.9. The Balaban J connectivity index is 1.47. The summed E-state index contributed by atoms with van der Waals surface area (Å²) in [4.78, 5) is 25.4. The second-order valence-electron chi connectivity index (χ2n) is 8.80. The third kappa shape index (κ3) is 6.26. The second kappa shape index (κ2) is 11.3. The molecule has 3 aromatic rings. The zero-order valence-electron chi connectivity index (χ0n) is 19.7. The van der Waals surface area contributed by atoms with Gasteiger partial charge in [0.1, 0.15) is 5.82 Å². The molecule has 1 aliphatic carbocycles. The topological polar surface area (TPSA) is 88.9 Å². The number of hydrogen-bond donors (Lipinski definition) is 2. The molecular weight excluding hydrogens is 446 g/mol. The summed E-state index contributed by atoms with van der Waals surface area (Å²) < 4.78 is 1.86. The van der Waals surface area contributed by atoms with Crippen molar-refractivity contribution in [2.75, 3.05) is 11.1 Å². The number of aromatic nitrogens is 3. The number of carbonyl (C=O) groups excluding carboxylic acids is 2. The highest BCUT2D eigenvalue weighted by atomic mass is 32.2. The molecule has 0 saturated heterocycles. The molecule has 8 heteroatoms. The molecule has 178 valence electrons. The van der Waals surface area contributed by atoms with E-state index in [1.54, 1.807) is 0 Å². The summed E-state index contributed by atoms with van der Waals surface area (Å²) in [5.41, 5.74) is 3.80. The van der Waals surface area contributed by atoms with Crippen LogP contribution in [0.3, 0.4) is 0 Å². The van der Waals surface area contributed by atoms with Crippen LogP contribution in [-0.4, -0.2) is 38.4 Å². The van der Waals surface area contributed by atoms with Gasteiger partial charge in [-0.3, -0.25) is 14.2 Å². The SMILES string of the molecule is Cc1ccc(NC(=O)Cc2nnc(SCC(=O)NC3CCCCC3)n2-c2ccccc2)c(C)c1. The molecule has 0 unspecified atom stereocenters. The number of anilines is 1. The van der Waals surface area contributed by atoms with E-state index in [0.717, 1.165) is 35.3 Å². The zero-order valence-corrected chi connectivity index (χ0v) is 20.5. The van der Waals surface area contributed by atoms with Gasteiger partial charge in [-0.05, 0) is 50.5 Å². The molecule has 0 aliphatic heterocycles. The normalized spacial score (nSPS) is 14.1. The Morgan fingerprint density at radius 2 is 1.76 bits per heavy atom. The lowest BCUT2D eigenvalue weighted by Gasteiger charge is -2.22. The quantitative estimate of drug-likeness (QED) is 0.463. The highest BCUT2D eigenvalue weighted by Crippen LogP contribution is 2.24. The van der Waals surface area contributed by atoms with E-state index >= 15 is 0 Å². The molecule has 0 radical (unpaired) electrons.